The number of nitrogens with zero attached hydrogens (tertiary/aromatic N) is 1. The molecule has 0 atom stereocenters. The molecule has 1 rings (SSSR count). The largest absolute Gasteiger partial charge is 0.244 e. The quantitative estimate of drug-likeness (QED) is 0.566. The van der Waals surface area contributed by atoms with Crippen LogP contribution in [0.3, 0.4) is 0 Å². The lowest BCUT2D eigenvalue weighted by molar-refractivity contribution is 1.31. The molecular weight excluding hydrogens is 146 g/mol. The lowest BCUT2D eigenvalue weighted by atomic mass is 10.2. The summed E-state index contributed by atoms with van der Waals surface area (Å²) in [6.45, 7) is 5.67. The summed E-state index contributed by atoms with van der Waals surface area (Å²) in [4.78, 5) is 3.90. The molecule has 0 aromatic carbocycles. The van der Waals surface area contributed by atoms with Gasteiger partial charge < -0.3 is 0 Å². The van der Waals surface area contributed by atoms with Crippen LogP contribution in [-0.4, -0.2) is 4.98 Å². The molecule has 0 aliphatic carbocycles. The fraction of sp³-hybridized carbons (Fsp3) is 0.125. The van der Waals surface area contributed by atoms with Gasteiger partial charge in [-0.3, -0.25) is 0 Å². The molecule has 0 radical (unpaired) electrons. The Balaban J connectivity index is 3.15. The Labute approximate surface area is 65.4 Å². The molecule has 10 heavy (non-hydrogen) atoms. The number of aromatic nitrogens is 1. The first-order valence-electron chi connectivity index (χ1n) is 2.98. The Morgan fingerprint density at radius 3 is 2.80 bits per heavy atom. The van der Waals surface area contributed by atoms with Crippen molar-refractivity contribution in [2.45, 2.75) is 6.92 Å². The predicted octanol–water partition coefficient (Wildman–Crippen LogP) is 2.77. The summed E-state index contributed by atoms with van der Waals surface area (Å²) in [6, 6.07) is 3.74. The zero-order valence-corrected chi connectivity index (χ0v) is 6.52. The molecule has 0 amide bonds. The van der Waals surface area contributed by atoms with Gasteiger partial charge in [-0.2, -0.15) is 0 Å². The van der Waals surface area contributed by atoms with Crippen LogP contribution < -0.4 is 0 Å². The summed E-state index contributed by atoms with van der Waals surface area (Å²) >= 11 is 5.75. The minimum atomic E-state index is 0.523. The van der Waals surface area contributed by atoms with Crippen LogP contribution in [0.1, 0.15) is 12.5 Å². The van der Waals surface area contributed by atoms with E-state index in [9.17, 15) is 0 Å². The average molecular weight is 154 g/mol. The predicted molar refractivity (Wildman–Crippen MR) is 44.0 cm³/mol. The molecule has 0 aliphatic heterocycles. The molecule has 0 unspecified atom stereocenters. The first kappa shape index (κ1) is 7.29. The Morgan fingerprint density at radius 1 is 1.70 bits per heavy atom. The van der Waals surface area contributed by atoms with Crippen molar-refractivity contribution in [2.75, 3.05) is 0 Å². The van der Waals surface area contributed by atoms with Crippen molar-refractivity contribution >= 4 is 17.2 Å². The van der Waals surface area contributed by atoms with Crippen LogP contribution in [0.2, 0.25) is 5.15 Å². The van der Waals surface area contributed by atoms with E-state index in [-0.39, 0.29) is 0 Å². The molecule has 0 bridgehead atoms. The maximum absolute atomic E-state index is 5.75. The third-order valence-electron chi connectivity index (χ3n) is 1.22. The van der Waals surface area contributed by atoms with Crippen molar-refractivity contribution in [3.8, 4) is 0 Å². The minimum Gasteiger partial charge on any atom is -0.244 e. The zero-order valence-electron chi connectivity index (χ0n) is 5.76. The van der Waals surface area contributed by atoms with Crippen molar-refractivity contribution in [2.24, 2.45) is 0 Å². The fourth-order valence-electron chi connectivity index (χ4n) is 0.704. The maximum Gasteiger partial charge on any atom is 0.136 e. The highest BCUT2D eigenvalue weighted by Crippen LogP contribution is 2.18. The number of halogens is 1. The lowest BCUT2D eigenvalue weighted by Gasteiger charge is -1.98. The second-order valence-corrected chi connectivity index (χ2v) is 2.48. The molecule has 0 saturated heterocycles. The molecule has 2 heteroatoms. The minimum absolute atomic E-state index is 0.523. The van der Waals surface area contributed by atoms with Gasteiger partial charge in [-0.25, -0.2) is 4.98 Å². The van der Waals surface area contributed by atoms with Crippen molar-refractivity contribution < 1.29 is 0 Å². The second kappa shape index (κ2) is 2.84. The first-order valence-corrected chi connectivity index (χ1v) is 3.36. The molecular formula is C8H8ClN. The Bertz CT molecular complexity index is 255. The van der Waals surface area contributed by atoms with Gasteiger partial charge in [-0.05, 0) is 18.6 Å². The number of hydrogen-bond donors (Lipinski definition) is 0. The van der Waals surface area contributed by atoms with Crippen LogP contribution in [0.5, 0.6) is 0 Å². The van der Waals surface area contributed by atoms with Gasteiger partial charge in [0.15, 0.2) is 0 Å². The van der Waals surface area contributed by atoms with Gasteiger partial charge in [0.1, 0.15) is 5.15 Å². The first-order chi connectivity index (χ1) is 4.72. The third kappa shape index (κ3) is 1.36. The smallest absolute Gasteiger partial charge is 0.136 e. The summed E-state index contributed by atoms with van der Waals surface area (Å²) < 4.78 is 0. The van der Waals surface area contributed by atoms with Crippen LogP contribution >= 0.6 is 11.6 Å². The van der Waals surface area contributed by atoms with E-state index in [1.165, 1.54) is 0 Å². The molecule has 0 saturated carbocycles. The molecule has 1 aromatic heterocycles. The second-order valence-electron chi connectivity index (χ2n) is 2.12. The van der Waals surface area contributed by atoms with Gasteiger partial charge in [-0.1, -0.05) is 24.2 Å². The highest BCUT2D eigenvalue weighted by Gasteiger charge is 1.97. The van der Waals surface area contributed by atoms with Crippen LogP contribution in [0.4, 0.5) is 0 Å². The Hall–Kier alpha value is -0.820. The molecule has 1 nitrogen and oxygen atoms in total. The maximum atomic E-state index is 5.75. The normalized spacial score (nSPS) is 9.40. The van der Waals surface area contributed by atoms with Crippen LogP contribution in [-0.2, 0) is 0 Å². The van der Waals surface area contributed by atoms with Crippen LogP contribution in [0.25, 0.3) is 5.57 Å². The van der Waals surface area contributed by atoms with Crippen molar-refractivity contribution in [3.05, 3.63) is 35.6 Å². The molecule has 0 spiro atoms. The van der Waals surface area contributed by atoms with E-state index in [0.29, 0.717) is 5.15 Å². The zero-order chi connectivity index (χ0) is 7.56. The van der Waals surface area contributed by atoms with Gasteiger partial charge in [0.25, 0.3) is 0 Å². The number of pyridine rings is 1. The van der Waals surface area contributed by atoms with Crippen molar-refractivity contribution in [1.29, 1.82) is 0 Å². The molecule has 52 valence electrons. The number of allylic oxidation sites excluding steroid dienone is 1. The van der Waals surface area contributed by atoms with Gasteiger partial charge in [0, 0.05) is 11.8 Å². The third-order valence-corrected chi connectivity index (χ3v) is 1.52. The topological polar surface area (TPSA) is 12.9 Å². The fourth-order valence-corrected chi connectivity index (χ4v) is 0.985. The molecule has 1 aromatic rings. The highest BCUT2D eigenvalue weighted by atomic mass is 35.5. The highest BCUT2D eigenvalue weighted by molar-refractivity contribution is 6.31. The van der Waals surface area contributed by atoms with Crippen molar-refractivity contribution in [3.63, 3.8) is 0 Å². The van der Waals surface area contributed by atoms with E-state index in [0.717, 1.165) is 11.1 Å². The van der Waals surface area contributed by atoms with Gasteiger partial charge in [0.2, 0.25) is 0 Å². The van der Waals surface area contributed by atoms with E-state index >= 15 is 0 Å². The SMILES string of the molecule is C=C(C)c1cccnc1Cl. The molecule has 0 fully saturated rings. The van der Waals surface area contributed by atoms with E-state index < -0.39 is 0 Å². The molecule has 1 heterocycles. The van der Waals surface area contributed by atoms with Gasteiger partial charge >= 0.3 is 0 Å². The summed E-state index contributed by atoms with van der Waals surface area (Å²) in [5.74, 6) is 0. The van der Waals surface area contributed by atoms with Crippen LogP contribution in [0.15, 0.2) is 24.9 Å². The summed E-state index contributed by atoms with van der Waals surface area (Å²) in [7, 11) is 0. The Morgan fingerprint density at radius 2 is 2.40 bits per heavy atom. The van der Waals surface area contributed by atoms with E-state index in [1.807, 2.05) is 19.1 Å². The summed E-state index contributed by atoms with van der Waals surface area (Å²) in [5, 5.41) is 0.523. The number of hydrogen-bond acceptors (Lipinski definition) is 1. The summed E-state index contributed by atoms with van der Waals surface area (Å²) in [6.07, 6.45) is 1.66. The van der Waals surface area contributed by atoms with Gasteiger partial charge in [0.05, 0.1) is 0 Å². The monoisotopic (exact) mass is 153 g/mol. The lowest BCUT2D eigenvalue weighted by Crippen LogP contribution is -1.81. The van der Waals surface area contributed by atoms with E-state index in [1.54, 1.807) is 6.20 Å². The summed E-state index contributed by atoms with van der Waals surface area (Å²) in [5.41, 5.74) is 1.86. The van der Waals surface area contributed by atoms with E-state index in [2.05, 4.69) is 11.6 Å². The standard InChI is InChI=1S/C8H8ClN/c1-6(2)7-4-3-5-10-8(7)9/h3-5H,1H2,2H3. The number of rotatable bonds is 1. The average Bonchev–Trinajstić information content (AvgIpc) is 1.88. The van der Waals surface area contributed by atoms with E-state index in [4.69, 9.17) is 11.6 Å². The van der Waals surface area contributed by atoms with Crippen LogP contribution in [0, 0.1) is 0 Å². The van der Waals surface area contributed by atoms with Gasteiger partial charge in [-0.15, -0.1) is 0 Å². The van der Waals surface area contributed by atoms with Crippen molar-refractivity contribution in [1.82, 2.24) is 4.98 Å². The Kier molecular flexibility index (Phi) is 2.07. The molecule has 0 aliphatic rings. The molecule has 0 N–H and O–H groups in total.